The van der Waals surface area contributed by atoms with E-state index in [0.717, 1.165) is 24.3 Å². The number of ether oxygens (including phenoxy) is 2. The summed E-state index contributed by atoms with van der Waals surface area (Å²) in [6, 6.07) is 6.74. The van der Waals surface area contributed by atoms with Gasteiger partial charge in [-0.2, -0.15) is 26.3 Å². The van der Waals surface area contributed by atoms with Gasteiger partial charge >= 0.3 is 12.4 Å². The van der Waals surface area contributed by atoms with Gasteiger partial charge in [-0.15, -0.1) is 0 Å². The van der Waals surface area contributed by atoms with Gasteiger partial charge in [0, 0.05) is 29.8 Å². The number of hydrogen-bond donors (Lipinski definition) is 0. The van der Waals surface area contributed by atoms with Crippen LogP contribution in [0.15, 0.2) is 48.5 Å². The normalized spacial score (nSPS) is 12.7. The fourth-order valence-electron chi connectivity index (χ4n) is 4.04. The molecule has 0 heterocycles. The molecule has 0 spiro atoms. The van der Waals surface area contributed by atoms with Crippen LogP contribution in [0.3, 0.4) is 0 Å². The van der Waals surface area contributed by atoms with Crippen LogP contribution < -0.4 is 9.47 Å². The van der Waals surface area contributed by atoms with Crippen LogP contribution in [0.4, 0.5) is 37.7 Å². The first-order valence-corrected chi connectivity index (χ1v) is 12.3. The van der Waals surface area contributed by atoms with E-state index in [1.807, 2.05) is 0 Å². The molecule has 0 saturated heterocycles. The molecule has 0 aliphatic heterocycles. The average Bonchev–Trinajstić information content (AvgIpc) is 2.81. The van der Waals surface area contributed by atoms with Gasteiger partial charge in [-0.3, -0.25) is 20.2 Å². The van der Waals surface area contributed by atoms with E-state index in [1.165, 1.54) is 12.1 Å². The molecular weight excluding hydrogens is 574 g/mol. The Bertz CT molecular complexity index is 1440. The molecule has 0 fully saturated rings. The minimum atomic E-state index is -5.05. The first-order valence-electron chi connectivity index (χ1n) is 12.3. The number of nitrogens with zero attached hydrogens (tertiary/aromatic N) is 2. The summed E-state index contributed by atoms with van der Waals surface area (Å²) in [6.45, 7) is 10.1. The smallest absolute Gasteiger partial charge is 0.420 e. The summed E-state index contributed by atoms with van der Waals surface area (Å²) in [4.78, 5) is 20.3. The summed E-state index contributed by atoms with van der Waals surface area (Å²) in [6.07, 6.45) is -10.1. The van der Waals surface area contributed by atoms with Crippen LogP contribution in [0.25, 0.3) is 0 Å². The molecule has 8 nitrogen and oxygen atoms in total. The Hall–Kier alpha value is -4.36. The Morgan fingerprint density at radius 3 is 1.19 bits per heavy atom. The molecule has 0 aliphatic rings. The quantitative estimate of drug-likeness (QED) is 0.158. The minimum Gasteiger partial charge on any atom is -0.456 e. The second kappa shape index (κ2) is 10.8. The molecule has 14 heteroatoms. The number of rotatable bonds is 6. The highest BCUT2D eigenvalue weighted by Gasteiger charge is 2.39. The molecule has 226 valence electrons. The third kappa shape index (κ3) is 7.09. The molecule has 0 aromatic heterocycles. The highest BCUT2D eigenvalue weighted by molar-refractivity contribution is 5.58. The summed E-state index contributed by atoms with van der Waals surface area (Å²) in [5.74, 6) is -1.94. The second-order valence-corrected chi connectivity index (χ2v) is 11.4. The van der Waals surface area contributed by atoms with Crippen LogP contribution in [0.2, 0.25) is 0 Å². The summed E-state index contributed by atoms with van der Waals surface area (Å²) >= 11 is 0. The Balaban J connectivity index is 2.34. The molecule has 0 aliphatic carbocycles. The predicted molar refractivity (Wildman–Crippen MR) is 140 cm³/mol. The monoisotopic (exact) mass is 600 g/mol. The van der Waals surface area contributed by atoms with Crippen LogP contribution in [0.5, 0.6) is 23.0 Å². The number of alkyl halides is 6. The van der Waals surface area contributed by atoms with Gasteiger partial charge in [-0.1, -0.05) is 41.5 Å². The standard InChI is InChI=1S/C28H26F6N2O6/c1-25(2,3)15-11-22(41-20-9-7-16(35(37)38)13-18(20)27(29,30)31)24(26(4,5)6)23(12-15)42-21-10-8-17(36(39)40)14-19(21)28(32,33)34/h7-14H,1-6H3. The number of hydrogen-bond acceptors (Lipinski definition) is 6. The summed E-state index contributed by atoms with van der Waals surface area (Å²) in [5, 5.41) is 22.3. The van der Waals surface area contributed by atoms with E-state index in [1.54, 1.807) is 41.5 Å². The molecule has 0 radical (unpaired) electrons. The summed E-state index contributed by atoms with van der Waals surface area (Å²) in [7, 11) is 0. The lowest BCUT2D eigenvalue weighted by Gasteiger charge is -2.30. The van der Waals surface area contributed by atoms with Crippen molar-refractivity contribution in [2.45, 2.75) is 64.7 Å². The zero-order valence-electron chi connectivity index (χ0n) is 23.2. The van der Waals surface area contributed by atoms with Crippen molar-refractivity contribution in [3.8, 4) is 23.0 Å². The van der Waals surface area contributed by atoms with Gasteiger partial charge in [0.15, 0.2) is 0 Å². The zero-order valence-corrected chi connectivity index (χ0v) is 23.2. The van der Waals surface area contributed by atoms with Crippen molar-refractivity contribution in [3.05, 3.63) is 91.0 Å². The number of nitro groups is 2. The maximum atomic E-state index is 13.9. The van der Waals surface area contributed by atoms with E-state index in [4.69, 9.17) is 9.47 Å². The van der Waals surface area contributed by atoms with Gasteiger partial charge in [0.05, 0.1) is 9.85 Å². The lowest BCUT2D eigenvalue weighted by molar-refractivity contribution is -0.385. The molecular formula is C28H26F6N2O6. The fourth-order valence-corrected chi connectivity index (χ4v) is 4.04. The lowest BCUT2D eigenvalue weighted by atomic mass is 9.80. The van der Waals surface area contributed by atoms with E-state index in [-0.39, 0.29) is 17.1 Å². The molecule has 0 atom stereocenters. The summed E-state index contributed by atoms with van der Waals surface area (Å²) in [5.41, 5.74) is -5.74. The summed E-state index contributed by atoms with van der Waals surface area (Å²) < 4.78 is 95.1. The third-order valence-electron chi connectivity index (χ3n) is 6.08. The van der Waals surface area contributed by atoms with Crippen molar-refractivity contribution < 1.29 is 45.7 Å². The molecule has 0 unspecified atom stereocenters. The van der Waals surface area contributed by atoms with Crippen LogP contribution in [-0.4, -0.2) is 9.85 Å². The number of benzene rings is 3. The Labute approximate surface area is 236 Å². The van der Waals surface area contributed by atoms with E-state index in [0.29, 0.717) is 17.7 Å². The molecule has 42 heavy (non-hydrogen) atoms. The largest absolute Gasteiger partial charge is 0.456 e. The Morgan fingerprint density at radius 2 is 0.929 bits per heavy atom. The molecule has 3 aromatic rings. The first-order chi connectivity index (χ1) is 19.0. The number of non-ortho nitro benzene ring substituents is 2. The highest BCUT2D eigenvalue weighted by atomic mass is 19.4. The SMILES string of the molecule is CC(C)(C)c1cc(Oc2ccc([N+](=O)[O-])cc2C(F)(F)F)c(C(C)(C)C)c(Oc2ccc([N+](=O)[O-])cc2C(F)(F)F)c1. The zero-order chi connectivity index (χ0) is 32.0. The van der Waals surface area contributed by atoms with Gasteiger partial charge in [-0.05, 0) is 40.7 Å². The predicted octanol–water partition coefficient (Wildman–Crippen LogP) is 9.72. The molecule has 0 bridgehead atoms. The topological polar surface area (TPSA) is 105 Å². The van der Waals surface area contributed by atoms with Crippen molar-refractivity contribution in [1.29, 1.82) is 0 Å². The van der Waals surface area contributed by atoms with E-state index in [2.05, 4.69) is 0 Å². The molecule has 3 rings (SSSR count). The van der Waals surface area contributed by atoms with Gasteiger partial charge in [0.1, 0.15) is 34.1 Å². The number of halogens is 6. The average molecular weight is 601 g/mol. The minimum absolute atomic E-state index is 0.0773. The van der Waals surface area contributed by atoms with Crippen LogP contribution in [0.1, 0.15) is 63.8 Å². The highest BCUT2D eigenvalue weighted by Crippen LogP contribution is 2.49. The van der Waals surface area contributed by atoms with E-state index >= 15 is 0 Å². The Kier molecular flexibility index (Phi) is 8.27. The van der Waals surface area contributed by atoms with E-state index in [9.17, 15) is 46.6 Å². The van der Waals surface area contributed by atoms with Crippen LogP contribution in [0, 0.1) is 20.2 Å². The van der Waals surface area contributed by atoms with Crippen LogP contribution >= 0.6 is 0 Å². The van der Waals surface area contributed by atoms with Crippen molar-refractivity contribution in [3.63, 3.8) is 0 Å². The molecule has 0 amide bonds. The van der Waals surface area contributed by atoms with Crippen molar-refractivity contribution >= 4 is 11.4 Å². The third-order valence-corrected chi connectivity index (χ3v) is 6.08. The Morgan fingerprint density at radius 1 is 0.571 bits per heavy atom. The fraction of sp³-hybridized carbons (Fsp3) is 0.357. The van der Waals surface area contributed by atoms with Crippen molar-refractivity contribution in [1.82, 2.24) is 0 Å². The van der Waals surface area contributed by atoms with Gasteiger partial charge in [-0.25, -0.2) is 0 Å². The second-order valence-electron chi connectivity index (χ2n) is 11.4. The maximum absolute atomic E-state index is 13.9. The maximum Gasteiger partial charge on any atom is 0.420 e. The molecule has 0 saturated carbocycles. The van der Waals surface area contributed by atoms with E-state index < -0.39 is 67.0 Å². The first kappa shape index (κ1) is 32.2. The van der Waals surface area contributed by atoms with Gasteiger partial charge in [0.2, 0.25) is 0 Å². The van der Waals surface area contributed by atoms with Crippen molar-refractivity contribution in [2.75, 3.05) is 0 Å². The lowest BCUT2D eigenvalue weighted by Crippen LogP contribution is -2.18. The van der Waals surface area contributed by atoms with Crippen molar-refractivity contribution in [2.24, 2.45) is 0 Å². The van der Waals surface area contributed by atoms with Crippen LogP contribution in [-0.2, 0) is 23.2 Å². The number of nitro benzene ring substituents is 2. The molecule has 0 N–H and O–H groups in total. The van der Waals surface area contributed by atoms with Gasteiger partial charge in [0.25, 0.3) is 11.4 Å². The molecule has 3 aromatic carbocycles. The van der Waals surface area contributed by atoms with Gasteiger partial charge < -0.3 is 9.47 Å².